The molecule has 1 saturated heterocycles. The standard InChI is InChI=1S/C20H18ClN3O6/c1-3-23-19(25)16(22-20(23)26)9-13-8-15(21)18(17(10-13)29-2)30-11-12-4-6-14(7-5-12)24(27)28/h4-10H,3,11H2,1-2H3,(H,22,26)/b16-9+. The van der Waals surface area contributed by atoms with E-state index in [2.05, 4.69) is 5.32 Å². The number of nitrogens with zero attached hydrogens (tertiary/aromatic N) is 2. The highest BCUT2D eigenvalue weighted by atomic mass is 35.5. The number of halogens is 1. The van der Waals surface area contributed by atoms with Gasteiger partial charge in [0.2, 0.25) is 0 Å². The van der Waals surface area contributed by atoms with Gasteiger partial charge in [-0.3, -0.25) is 19.8 Å². The van der Waals surface area contributed by atoms with Gasteiger partial charge in [-0.15, -0.1) is 0 Å². The number of hydrogen-bond acceptors (Lipinski definition) is 6. The predicted molar refractivity (Wildman–Crippen MR) is 109 cm³/mol. The molecular formula is C20H18ClN3O6. The number of carbonyl (C=O) groups excluding carboxylic acids is 2. The van der Waals surface area contributed by atoms with E-state index < -0.39 is 16.9 Å². The van der Waals surface area contributed by atoms with E-state index in [4.69, 9.17) is 21.1 Å². The first-order valence-electron chi connectivity index (χ1n) is 8.92. The van der Waals surface area contributed by atoms with Crippen molar-refractivity contribution >= 4 is 35.3 Å². The Bertz CT molecular complexity index is 1040. The highest BCUT2D eigenvalue weighted by molar-refractivity contribution is 6.32. The molecule has 0 radical (unpaired) electrons. The first-order valence-corrected chi connectivity index (χ1v) is 9.30. The number of likely N-dealkylation sites (N-methyl/N-ethyl adjacent to an activating group) is 1. The molecular weight excluding hydrogens is 414 g/mol. The predicted octanol–water partition coefficient (Wildman–Crippen LogP) is 3.75. The van der Waals surface area contributed by atoms with Crippen molar-refractivity contribution in [2.75, 3.05) is 13.7 Å². The lowest BCUT2D eigenvalue weighted by Gasteiger charge is -2.13. The van der Waals surface area contributed by atoms with Crippen LogP contribution in [0, 0.1) is 10.1 Å². The number of nitro benzene ring substituents is 1. The molecule has 30 heavy (non-hydrogen) atoms. The summed E-state index contributed by atoms with van der Waals surface area (Å²) < 4.78 is 11.1. The van der Waals surface area contributed by atoms with Crippen molar-refractivity contribution < 1.29 is 24.0 Å². The fourth-order valence-electron chi connectivity index (χ4n) is 2.86. The lowest BCUT2D eigenvalue weighted by molar-refractivity contribution is -0.384. The normalized spacial score (nSPS) is 14.8. The summed E-state index contributed by atoms with van der Waals surface area (Å²) in [5, 5.41) is 13.5. The molecule has 0 spiro atoms. The van der Waals surface area contributed by atoms with E-state index >= 15 is 0 Å². The van der Waals surface area contributed by atoms with E-state index in [0.717, 1.165) is 4.90 Å². The monoisotopic (exact) mass is 431 g/mol. The van der Waals surface area contributed by atoms with Crippen LogP contribution < -0.4 is 14.8 Å². The van der Waals surface area contributed by atoms with E-state index in [9.17, 15) is 19.7 Å². The summed E-state index contributed by atoms with van der Waals surface area (Å²) in [5.74, 6) is 0.202. The summed E-state index contributed by atoms with van der Waals surface area (Å²) in [6.45, 7) is 2.09. The summed E-state index contributed by atoms with van der Waals surface area (Å²) in [6.07, 6.45) is 1.50. The molecule has 2 aromatic rings. The second-order valence-electron chi connectivity index (χ2n) is 6.28. The second kappa shape index (κ2) is 8.83. The van der Waals surface area contributed by atoms with Crippen LogP contribution in [0.2, 0.25) is 5.02 Å². The Hall–Kier alpha value is -3.59. The molecule has 0 unspecified atom stereocenters. The van der Waals surface area contributed by atoms with Crippen molar-refractivity contribution in [2.45, 2.75) is 13.5 Å². The first kappa shape index (κ1) is 21.1. The molecule has 1 N–H and O–H groups in total. The van der Waals surface area contributed by atoms with Crippen LogP contribution in [0.15, 0.2) is 42.1 Å². The number of rotatable bonds is 7. The SMILES string of the molecule is CCN1C(=O)N/C(=C/c2cc(Cl)c(OCc3ccc([N+](=O)[O-])cc3)c(OC)c2)C1=O. The highest BCUT2D eigenvalue weighted by Crippen LogP contribution is 2.37. The largest absolute Gasteiger partial charge is 0.493 e. The van der Waals surface area contributed by atoms with Gasteiger partial charge in [-0.25, -0.2) is 4.79 Å². The lowest BCUT2D eigenvalue weighted by Crippen LogP contribution is -2.30. The molecule has 3 amide bonds. The molecule has 9 nitrogen and oxygen atoms in total. The van der Waals surface area contributed by atoms with Crippen LogP contribution in [0.4, 0.5) is 10.5 Å². The fraction of sp³-hybridized carbons (Fsp3) is 0.200. The van der Waals surface area contributed by atoms with Gasteiger partial charge in [0.15, 0.2) is 11.5 Å². The van der Waals surface area contributed by atoms with Gasteiger partial charge in [-0.2, -0.15) is 0 Å². The minimum absolute atomic E-state index is 0.0121. The number of methoxy groups -OCH3 is 1. The van der Waals surface area contributed by atoms with E-state index in [1.165, 1.54) is 25.3 Å². The molecule has 1 heterocycles. The van der Waals surface area contributed by atoms with Gasteiger partial charge in [0.25, 0.3) is 11.6 Å². The van der Waals surface area contributed by atoms with Crippen molar-refractivity contribution in [3.05, 3.63) is 68.4 Å². The topological polar surface area (TPSA) is 111 Å². The summed E-state index contributed by atoms with van der Waals surface area (Å²) in [4.78, 5) is 35.4. The first-order chi connectivity index (χ1) is 14.3. The number of carbonyl (C=O) groups is 2. The third-order valence-electron chi connectivity index (χ3n) is 4.37. The van der Waals surface area contributed by atoms with Gasteiger partial charge in [-0.05, 0) is 48.4 Å². The Kier molecular flexibility index (Phi) is 6.22. The second-order valence-corrected chi connectivity index (χ2v) is 6.69. The molecule has 0 atom stereocenters. The molecule has 2 aromatic carbocycles. The maximum atomic E-state index is 12.2. The fourth-order valence-corrected chi connectivity index (χ4v) is 3.13. The van der Waals surface area contributed by atoms with Gasteiger partial charge in [-0.1, -0.05) is 11.6 Å². The number of amides is 3. The quantitative estimate of drug-likeness (QED) is 0.309. The zero-order valence-electron chi connectivity index (χ0n) is 16.2. The maximum Gasteiger partial charge on any atom is 0.328 e. The number of hydrogen-bond donors (Lipinski definition) is 1. The number of nitro groups is 1. The van der Waals surface area contributed by atoms with E-state index in [-0.39, 0.29) is 35.3 Å². The number of nitrogens with one attached hydrogen (secondary N) is 1. The number of imide groups is 1. The van der Waals surface area contributed by atoms with E-state index in [1.54, 1.807) is 31.2 Å². The average molecular weight is 432 g/mol. The third-order valence-corrected chi connectivity index (χ3v) is 4.65. The molecule has 156 valence electrons. The van der Waals surface area contributed by atoms with Gasteiger partial charge < -0.3 is 14.8 Å². The lowest BCUT2D eigenvalue weighted by atomic mass is 10.1. The zero-order valence-corrected chi connectivity index (χ0v) is 16.9. The van der Waals surface area contributed by atoms with Crippen molar-refractivity contribution in [3.63, 3.8) is 0 Å². The molecule has 1 aliphatic heterocycles. The molecule has 0 bridgehead atoms. The smallest absolute Gasteiger partial charge is 0.328 e. The summed E-state index contributed by atoms with van der Waals surface area (Å²) in [5.41, 5.74) is 1.38. The molecule has 1 aliphatic rings. The van der Waals surface area contributed by atoms with Crippen molar-refractivity contribution in [1.29, 1.82) is 0 Å². The molecule has 0 aromatic heterocycles. The Morgan fingerprint density at radius 2 is 1.93 bits per heavy atom. The van der Waals surface area contributed by atoms with Gasteiger partial charge >= 0.3 is 6.03 Å². The van der Waals surface area contributed by atoms with Crippen LogP contribution in [0.25, 0.3) is 6.08 Å². The highest BCUT2D eigenvalue weighted by Gasteiger charge is 2.32. The van der Waals surface area contributed by atoms with E-state index in [1.807, 2.05) is 0 Å². The van der Waals surface area contributed by atoms with Gasteiger partial charge in [0.1, 0.15) is 12.3 Å². The summed E-state index contributed by atoms with van der Waals surface area (Å²) in [6, 6.07) is 8.68. The van der Waals surface area contributed by atoms with Gasteiger partial charge in [0.05, 0.1) is 17.1 Å². The Morgan fingerprint density at radius 3 is 2.50 bits per heavy atom. The van der Waals surface area contributed by atoms with Crippen LogP contribution >= 0.6 is 11.6 Å². The molecule has 3 rings (SSSR count). The number of ether oxygens (including phenoxy) is 2. The minimum atomic E-state index is -0.477. The molecule has 10 heteroatoms. The summed E-state index contributed by atoms with van der Waals surface area (Å²) >= 11 is 6.35. The van der Waals surface area contributed by atoms with Crippen LogP contribution in [0.3, 0.4) is 0 Å². The van der Waals surface area contributed by atoms with Gasteiger partial charge in [0, 0.05) is 18.7 Å². The maximum absolute atomic E-state index is 12.2. The van der Waals surface area contributed by atoms with Crippen LogP contribution in [0.1, 0.15) is 18.1 Å². The molecule has 0 aliphatic carbocycles. The Morgan fingerprint density at radius 1 is 1.23 bits per heavy atom. The average Bonchev–Trinajstić information content (AvgIpc) is 2.99. The molecule has 1 fully saturated rings. The zero-order chi connectivity index (χ0) is 21.8. The van der Waals surface area contributed by atoms with Crippen LogP contribution in [0.5, 0.6) is 11.5 Å². The van der Waals surface area contributed by atoms with Crippen LogP contribution in [-0.2, 0) is 11.4 Å². The third kappa shape index (κ3) is 4.36. The Balaban J connectivity index is 1.81. The number of urea groups is 1. The van der Waals surface area contributed by atoms with E-state index in [0.29, 0.717) is 16.9 Å². The number of non-ortho nitro benzene ring substituents is 1. The summed E-state index contributed by atoms with van der Waals surface area (Å²) in [7, 11) is 1.45. The van der Waals surface area contributed by atoms with Crippen molar-refractivity contribution in [3.8, 4) is 11.5 Å². The molecule has 0 saturated carbocycles. The minimum Gasteiger partial charge on any atom is -0.493 e. The van der Waals surface area contributed by atoms with Crippen molar-refractivity contribution in [1.82, 2.24) is 10.2 Å². The number of benzene rings is 2. The van der Waals surface area contributed by atoms with Crippen LogP contribution in [-0.4, -0.2) is 35.4 Å². The van der Waals surface area contributed by atoms with Crippen molar-refractivity contribution in [2.24, 2.45) is 0 Å². The Labute approximate surface area is 177 Å².